The zero-order valence-electron chi connectivity index (χ0n) is 8.86. The van der Waals surface area contributed by atoms with Crippen molar-refractivity contribution in [1.82, 2.24) is 4.98 Å². The van der Waals surface area contributed by atoms with Gasteiger partial charge in [0.25, 0.3) is 0 Å². The van der Waals surface area contributed by atoms with Crippen LogP contribution in [0.1, 0.15) is 6.92 Å². The van der Waals surface area contributed by atoms with E-state index >= 15 is 0 Å². The first kappa shape index (κ1) is 13.8. The molecule has 1 aromatic heterocycles. The molecular formula is C9H10F3NO3S. The van der Waals surface area contributed by atoms with Crippen LogP contribution in [0.3, 0.4) is 0 Å². The fraction of sp³-hybridized carbons (Fsp3) is 0.444. The second-order valence-electron chi connectivity index (χ2n) is 3.16. The van der Waals surface area contributed by atoms with Crippen LogP contribution in [0.5, 0.6) is 5.75 Å². The average molecular weight is 269 g/mol. The molecule has 1 aromatic rings. The van der Waals surface area contributed by atoms with Gasteiger partial charge in [-0.3, -0.25) is 4.98 Å². The fourth-order valence-electron chi connectivity index (χ4n) is 0.980. The quantitative estimate of drug-likeness (QED) is 0.836. The van der Waals surface area contributed by atoms with Crippen molar-refractivity contribution < 1.29 is 26.3 Å². The first-order valence-electron chi connectivity index (χ1n) is 4.62. The van der Waals surface area contributed by atoms with E-state index in [1.165, 1.54) is 6.92 Å². The second-order valence-corrected chi connectivity index (χ2v) is 5.44. The molecule has 8 heteroatoms. The zero-order chi connectivity index (χ0) is 13.1. The maximum atomic E-state index is 11.9. The molecule has 0 spiro atoms. The lowest BCUT2D eigenvalue weighted by molar-refractivity contribution is -0.153. The molecule has 0 unspecified atom stereocenters. The van der Waals surface area contributed by atoms with Crippen molar-refractivity contribution in [2.45, 2.75) is 18.0 Å². The number of sulfone groups is 1. The van der Waals surface area contributed by atoms with Gasteiger partial charge in [0.15, 0.2) is 16.4 Å². The van der Waals surface area contributed by atoms with Crippen LogP contribution in [-0.2, 0) is 9.84 Å². The van der Waals surface area contributed by atoms with Gasteiger partial charge >= 0.3 is 6.18 Å². The first-order chi connectivity index (χ1) is 7.74. The van der Waals surface area contributed by atoms with Gasteiger partial charge < -0.3 is 4.74 Å². The molecule has 0 aromatic carbocycles. The van der Waals surface area contributed by atoms with Crippen LogP contribution in [0.4, 0.5) is 13.2 Å². The third kappa shape index (κ3) is 4.22. The first-order valence-corrected chi connectivity index (χ1v) is 6.27. The van der Waals surface area contributed by atoms with Crippen molar-refractivity contribution in [3.63, 3.8) is 0 Å². The van der Waals surface area contributed by atoms with Gasteiger partial charge in [-0.15, -0.1) is 0 Å². The fourth-order valence-corrected chi connectivity index (χ4v) is 1.83. The van der Waals surface area contributed by atoms with Gasteiger partial charge in [-0.25, -0.2) is 8.42 Å². The van der Waals surface area contributed by atoms with Gasteiger partial charge in [0.05, 0.1) is 16.8 Å². The Morgan fingerprint density at radius 3 is 2.53 bits per heavy atom. The Morgan fingerprint density at radius 1 is 1.35 bits per heavy atom. The molecular weight excluding hydrogens is 259 g/mol. The van der Waals surface area contributed by atoms with Crippen LogP contribution in [0.2, 0.25) is 0 Å². The van der Waals surface area contributed by atoms with Crippen molar-refractivity contribution in [1.29, 1.82) is 0 Å². The largest absolute Gasteiger partial charge is 0.482 e. The van der Waals surface area contributed by atoms with Gasteiger partial charge in [0, 0.05) is 12.3 Å². The third-order valence-electron chi connectivity index (χ3n) is 1.83. The molecule has 0 bridgehead atoms. The minimum atomic E-state index is -4.47. The number of aromatic nitrogens is 1. The van der Waals surface area contributed by atoms with E-state index in [4.69, 9.17) is 0 Å². The molecule has 0 radical (unpaired) electrons. The molecule has 0 aliphatic rings. The maximum Gasteiger partial charge on any atom is 0.422 e. The molecule has 1 rings (SSSR count). The van der Waals surface area contributed by atoms with Crippen molar-refractivity contribution in [3.8, 4) is 5.75 Å². The van der Waals surface area contributed by atoms with Crippen LogP contribution < -0.4 is 4.74 Å². The molecule has 0 atom stereocenters. The highest BCUT2D eigenvalue weighted by Gasteiger charge is 2.28. The van der Waals surface area contributed by atoms with Crippen LogP contribution in [0.15, 0.2) is 23.4 Å². The van der Waals surface area contributed by atoms with Gasteiger partial charge in [-0.2, -0.15) is 13.2 Å². The maximum absolute atomic E-state index is 11.9. The average Bonchev–Trinajstić information content (AvgIpc) is 2.26. The van der Waals surface area contributed by atoms with E-state index < -0.39 is 22.6 Å². The van der Waals surface area contributed by atoms with Crippen LogP contribution >= 0.6 is 0 Å². The predicted octanol–water partition coefficient (Wildman–Crippen LogP) is 1.82. The number of ether oxygens (including phenoxy) is 1. The van der Waals surface area contributed by atoms with Crippen molar-refractivity contribution >= 4 is 9.84 Å². The highest BCUT2D eigenvalue weighted by molar-refractivity contribution is 7.91. The number of hydrogen-bond acceptors (Lipinski definition) is 4. The highest BCUT2D eigenvalue weighted by Crippen LogP contribution is 2.20. The Kier molecular flexibility index (Phi) is 3.97. The minimum Gasteiger partial charge on any atom is -0.482 e. The van der Waals surface area contributed by atoms with Crippen LogP contribution in [-0.4, -0.2) is 31.9 Å². The molecule has 96 valence electrons. The summed E-state index contributed by atoms with van der Waals surface area (Å²) in [6.45, 7) is -0.0527. The van der Waals surface area contributed by atoms with E-state index in [1.807, 2.05) is 0 Å². The number of pyridine rings is 1. The Bertz CT molecular complexity index is 485. The molecule has 0 aliphatic heterocycles. The standard InChI is InChI=1S/C9H10F3NO3S/c1-2-17(14,15)8-3-7(4-13-5-8)16-6-9(10,11)12/h3-5H,2,6H2,1H3. The number of hydrogen-bond donors (Lipinski definition) is 0. The molecule has 4 nitrogen and oxygen atoms in total. The lowest BCUT2D eigenvalue weighted by atomic mass is 10.4. The molecule has 0 amide bonds. The summed E-state index contributed by atoms with van der Waals surface area (Å²) >= 11 is 0. The van der Waals surface area contributed by atoms with Crippen molar-refractivity contribution in [2.24, 2.45) is 0 Å². The molecule has 0 saturated heterocycles. The minimum absolute atomic E-state index is 0.153. The summed E-state index contributed by atoms with van der Waals surface area (Å²) in [5.74, 6) is -0.380. The SMILES string of the molecule is CCS(=O)(=O)c1cncc(OCC(F)(F)F)c1. The summed E-state index contributed by atoms with van der Waals surface area (Å²) in [5.41, 5.74) is 0. The summed E-state index contributed by atoms with van der Waals surface area (Å²) in [5, 5.41) is 0. The summed E-state index contributed by atoms with van der Waals surface area (Å²) < 4.78 is 62.9. The summed E-state index contributed by atoms with van der Waals surface area (Å²) in [7, 11) is -3.50. The highest BCUT2D eigenvalue weighted by atomic mass is 32.2. The van der Waals surface area contributed by atoms with Gasteiger partial charge in [0.2, 0.25) is 0 Å². The summed E-state index contributed by atoms with van der Waals surface area (Å²) in [6.07, 6.45) is -2.38. The van der Waals surface area contributed by atoms with Gasteiger partial charge in [-0.05, 0) is 0 Å². The van der Waals surface area contributed by atoms with E-state index in [0.29, 0.717) is 0 Å². The van der Waals surface area contributed by atoms with Gasteiger partial charge in [-0.1, -0.05) is 6.92 Å². The molecule has 0 fully saturated rings. The number of nitrogens with zero attached hydrogens (tertiary/aromatic N) is 1. The number of halogens is 3. The smallest absolute Gasteiger partial charge is 0.422 e. The molecule has 0 N–H and O–H groups in total. The van der Waals surface area contributed by atoms with E-state index in [-0.39, 0.29) is 16.4 Å². The lowest BCUT2D eigenvalue weighted by Gasteiger charge is -2.09. The summed E-state index contributed by atoms with van der Waals surface area (Å²) in [4.78, 5) is 3.37. The predicted molar refractivity (Wildman–Crippen MR) is 53.5 cm³/mol. The second kappa shape index (κ2) is 4.91. The Labute approximate surface area is 96.3 Å². The number of rotatable bonds is 4. The molecule has 0 aliphatic carbocycles. The third-order valence-corrected chi connectivity index (χ3v) is 3.53. The van der Waals surface area contributed by atoms with E-state index in [0.717, 1.165) is 18.5 Å². The monoisotopic (exact) mass is 269 g/mol. The molecule has 17 heavy (non-hydrogen) atoms. The van der Waals surface area contributed by atoms with E-state index in [1.54, 1.807) is 0 Å². The normalized spacial score (nSPS) is 12.5. The van der Waals surface area contributed by atoms with Crippen LogP contribution in [0, 0.1) is 0 Å². The van der Waals surface area contributed by atoms with E-state index in [9.17, 15) is 21.6 Å². The van der Waals surface area contributed by atoms with Crippen molar-refractivity contribution in [2.75, 3.05) is 12.4 Å². The topological polar surface area (TPSA) is 56.3 Å². The summed E-state index contributed by atoms with van der Waals surface area (Å²) in [6, 6.07) is 1.03. The Morgan fingerprint density at radius 2 is 2.00 bits per heavy atom. The zero-order valence-corrected chi connectivity index (χ0v) is 9.68. The van der Waals surface area contributed by atoms with Crippen LogP contribution in [0.25, 0.3) is 0 Å². The van der Waals surface area contributed by atoms with Gasteiger partial charge in [0.1, 0.15) is 5.75 Å². The number of alkyl halides is 3. The molecule has 1 heterocycles. The molecule has 0 saturated carbocycles. The van der Waals surface area contributed by atoms with Crippen molar-refractivity contribution in [3.05, 3.63) is 18.5 Å². The van der Waals surface area contributed by atoms with E-state index in [2.05, 4.69) is 9.72 Å². The Hall–Kier alpha value is -1.31. The Balaban J connectivity index is 2.88. The lowest BCUT2D eigenvalue weighted by Crippen LogP contribution is -2.19.